The fourth-order valence-corrected chi connectivity index (χ4v) is 1.71. The van der Waals surface area contributed by atoms with E-state index in [2.05, 4.69) is 15.3 Å². The Balaban J connectivity index is 2.23. The van der Waals surface area contributed by atoms with Gasteiger partial charge in [-0.1, -0.05) is 23.7 Å². The van der Waals surface area contributed by atoms with Gasteiger partial charge in [0.25, 0.3) is 0 Å². The van der Waals surface area contributed by atoms with Gasteiger partial charge in [-0.3, -0.25) is 4.79 Å². The number of anilines is 2. The molecule has 0 saturated heterocycles. The number of rotatable bonds is 4. The zero-order valence-electron chi connectivity index (χ0n) is 10.4. The van der Waals surface area contributed by atoms with Gasteiger partial charge in [-0.25, -0.2) is 9.97 Å². The molecular weight excluding hydrogens is 264 g/mol. The average Bonchev–Trinajstić information content (AvgIpc) is 2.35. The monoisotopic (exact) mass is 276 g/mol. The Kier molecular flexibility index (Phi) is 3.97. The first kappa shape index (κ1) is 13.3. The highest BCUT2D eigenvalue weighted by Crippen LogP contribution is 2.20. The molecule has 0 unspecified atom stereocenters. The molecule has 2 aromatic rings. The Morgan fingerprint density at radius 2 is 2.05 bits per heavy atom. The SMILES string of the molecule is Cc1ccc(CC(N)=O)cc1Nc1ncc(Cl)cn1. The zero-order valence-corrected chi connectivity index (χ0v) is 11.1. The van der Waals surface area contributed by atoms with Gasteiger partial charge in [0, 0.05) is 5.69 Å². The summed E-state index contributed by atoms with van der Waals surface area (Å²) in [6.45, 7) is 1.95. The van der Waals surface area contributed by atoms with Crippen molar-refractivity contribution < 1.29 is 4.79 Å². The van der Waals surface area contributed by atoms with Crippen molar-refractivity contribution in [2.45, 2.75) is 13.3 Å². The molecule has 0 atom stereocenters. The number of nitrogens with two attached hydrogens (primary N) is 1. The lowest BCUT2D eigenvalue weighted by Gasteiger charge is -2.09. The number of aromatic nitrogens is 2. The minimum Gasteiger partial charge on any atom is -0.369 e. The molecule has 0 aliphatic carbocycles. The van der Waals surface area contributed by atoms with Crippen molar-refractivity contribution in [3.63, 3.8) is 0 Å². The van der Waals surface area contributed by atoms with Gasteiger partial charge in [0.05, 0.1) is 23.8 Å². The Bertz CT molecular complexity index is 598. The summed E-state index contributed by atoms with van der Waals surface area (Å²) in [6.07, 6.45) is 3.23. The minimum absolute atomic E-state index is 0.205. The maximum absolute atomic E-state index is 10.9. The Labute approximate surface area is 115 Å². The molecule has 98 valence electrons. The van der Waals surface area contributed by atoms with Gasteiger partial charge in [0.15, 0.2) is 0 Å². The van der Waals surface area contributed by atoms with Crippen LogP contribution >= 0.6 is 11.6 Å². The highest BCUT2D eigenvalue weighted by Gasteiger charge is 2.05. The largest absolute Gasteiger partial charge is 0.369 e. The molecule has 5 nitrogen and oxygen atoms in total. The van der Waals surface area contributed by atoms with Crippen molar-refractivity contribution in [2.75, 3.05) is 5.32 Å². The Morgan fingerprint density at radius 1 is 1.37 bits per heavy atom. The van der Waals surface area contributed by atoms with E-state index in [1.807, 2.05) is 25.1 Å². The second-order valence-electron chi connectivity index (χ2n) is 4.14. The molecule has 0 radical (unpaired) electrons. The molecule has 19 heavy (non-hydrogen) atoms. The van der Waals surface area contributed by atoms with Crippen molar-refractivity contribution >= 4 is 29.1 Å². The normalized spacial score (nSPS) is 10.2. The molecule has 0 aliphatic heterocycles. The van der Waals surface area contributed by atoms with Crippen LogP contribution in [0.25, 0.3) is 0 Å². The molecule has 2 rings (SSSR count). The average molecular weight is 277 g/mol. The molecule has 0 fully saturated rings. The third-order valence-corrected chi connectivity index (χ3v) is 2.74. The summed E-state index contributed by atoms with van der Waals surface area (Å²) in [6, 6.07) is 5.64. The zero-order chi connectivity index (χ0) is 13.8. The van der Waals surface area contributed by atoms with E-state index in [0.717, 1.165) is 16.8 Å². The van der Waals surface area contributed by atoms with E-state index in [4.69, 9.17) is 17.3 Å². The van der Waals surface area contributed by atoms with E-state index in [9.17, 15) is 4.79 Å². The summed E-state index contributed by atoms with van der Waals surface area (Å²) in [7, 11) is 0. The lowest BCUT2D eigenvalue weighted by atomic mass is 10.1. The van der Waals surface area contributed by atoms with E-state index < -0.39 is 0 Å². The molecule has 0 spiro atoms. The number of halogens is 1. The van der Waals surface area contributed by atoms with E-state index >= 15 is 0 Å². The summed E-state index contributed by atoms with van der Waals surface area (Å²) < 4.78 is 0. The van der Waals surface area contributed by atoms with Gasteiger partial charge in [-0.2, -0.15) is 0 Å². The highest BCUT2D eigenvalue weighted by molar-refractivity contribution is 6.30. The maximum atomic E-state index is 10.9. The summed E-state index contributed by atoms with van der Waals surface area (Å²) in [4.78, 5) is 19.0. The van der Waals surface area contributed by atoms with Gasteiger partial charge in [-0.15, -0.1) is 0 Å². The predicted molar refractivity (Wildman–Crippen MR) is 74.4 cm³/mol. The van der Waals surface area contributed by atoms with Crippen LogP contribution in [0, 0.1) is 6.92 Å². The molecular formula is C13H13ClN4O. The number of nitrogens with zero attached hydrogens (tertiary/aromatic N) is 2. The summed E-state index contributed by atoms with van der Waals surface area (Å²) >= 11 is 5.72. The summed E-state index contributed by atoms with van der Waals surface area (Å²) in [5.74, 6) is 0.0845. The van der Waals surface area contributed by atoms with Crippen LogP contribution in [0.4, 0.5) is 11.6 Å². The molecule has 0 saturated carbocycles. The topological polar surface area (TPSA) is 80.9 Å². The van der Waals surface area contributed by atoms with Crippen LogP contribution in [0.2, 0.25) is 5.02 Å². The van der Waals surface area contributed by atoms with Crippen LogP contribution < -0.4 is 11.1 Å². The van der Waals surface area contributed by atoms with E-state index in [0.29, 0.717) is 11.0 Å². The standard InChI is InChI=1S/C13H13ClN4O/c1-8-2-3-9(5-12(15)19)4-11(8)18-13-16-6-10(14)7-17-13/h2-4,6-7H,5H2,1H3,(H2,15,19)(H,16,17,18). The molecule has 0 bridgehead atoms. The summed E-state index contributed by atoms with van der Waals surface area (Å²) in [5.41, 5.74) is 7.88. The molecule has 1 amide bonds. The molecule has 1 heterocycles. The van der Waals surface area contributed by atoms with Crippen LogP contribution in [0.1, 0.15) is 11.1 Å². The molecule has 6 heteroatoms. The van der Waals surface area contributed by atoms with Crippen LogP contribution in [0.3, 0.4) is 0 Å². The minimum atomic E-state index is -0.363. The number of carbonyl (C=O) groups excluding carboxylic acids is 1. The maximum Gasteiger partial charge on any atom is 0.227 e. The van der Waals surface area contributed by atoms with Crippen LogP contribution in [-0.4, -0.2) is 15.9 Å². The van der Waals surface area contributed by atoms with Crippen LogP contribution in [-0.2, 0) is 11.2 Å². The molecule has 1 aromatic carbocycles. The number of amides is 1. The highest BCUT2D eigenvalue weighted by atomic mass is 35.5. The summed E-state index contributed by atoms with van der Waals surface area (Å²) in [5, 5.41) is 3.56. The fourth-order valence-electron chi connectivity index (χ4n) is 1.61. The number of carbonyl (C=O) groups is 1. The van der Waals surface area contributed by atoms with Gasteiger partial charge in [-0.05, 0) is 24.1 Å². The second kappa shape index (κ2) is 5.67. The number of benzene rings is 1. The number of hydrogen-bond acceptors (Lipinski definition) is 4. The molecule has 3 N–H and O–H groups in total. The number of hydrogen-bond donors (Lipinski definition) is 2. The molecule has 0 aliphatic rings. The van der Waals surface area contributed by atoms with E-state index in [1.54, 1.807) is 0 Å². The van der Waals surface area contributed by atoms with Gasteiger partial charge in [0.2, 0.25) is 11.9 Å². The van der Waals surface area contributed by atoms with Crippen molar-refractivity contribution in [1.29, 1.82) is 0 Å². The van der Waals surface area contributed by atoms with Gasteiger partial charge < -0.3 is 11.1 Å². The second-order valence-corrected chi connectivity index (χ2v) is 4.58. The lowest BCUT2D eigenvalue weighted by molar-refractivity contribution is -0.117. The van der Waals surface area contributed by atoms with Gasteiger partial charge in [0.1, 0.15) is 0 Å². The van der Waals surface area contributed by atoms with Crippen molar-refractivity contribution in [3.05, 3.63) is 46.7 Å². The Hall–Kier alpha value is -2.14. The number of aryl methyl sites for hydroxylation is 1. The third-order valence-electron chi connectivity index (χ3n) is 2.55. The lowest BCUT2D eigenvalue weighted by Crippen LogP contribution is -2.13. The van der Waals surface area contributed by atoms with Crippen LogP contribution in [0.5, 0.6) is 0 Å². The van der Waals surface area contributed by atoms with Crippen molar-refractivity contribution in [1.82, 2.24) is 9.97 Å². The predicted octanol–water partition coefficient (Wildman–Crippen LogP) is 2.21. The van der Waals surface area contributed by atoms with Crippen molar-refractivity contribution in [2.24, 2.45) is 5.73 Å². The fraction of sp³-hybridized carbons (Fsp3) is 0.154. The smallest absolute Gasteiger partial charge is 0.227 e. The van der Waals surface area contributed by atoms with E-state index in [-0.39, 0.29) is 12.3 Å². The van der Waals surface area contributed by atoms with Crippen LogP contribution in [0.15, 0.2) is 30.6 Å². The first-order valence-corrected chi connectivity index (χ1v) is 6.05. The van der Waals surface area contributed by atoms with E-state index in [1.165, 1.54) is 12.4 Å². The van der Waals surface area contributed by atoms with Crippen molar-refractivity contribution in [3.8, 4) is 0 Å². The van der Waals surface area contributed by atoms with Gasteiger partial charge >= 0.3 is 0 Å². The molecule has 1 aromatic heterocycles. The third kappa shape index (κ3) is 3.66. The number of nitrogens with one attached hydrogen (secondary N) is 1. The Morgan fingerprint density at radius 3 is 2.68 bits per heavy atom. The first-order valence-electron chi connectivity index (χ1n) is 5.67. The quantitative estimate of drug-likeness (QED) is 0.897. The number of primary amides is 1. The first-order chi connectivity index (χ1) is 9.04.